The van der Waals surface area contributed by atoms with Crippen molar-refractivity contribution in [2.45, 2.75) is 32.0 Å². The normalized spacial score (nSPS) is 14.6. The van der Waals surface area contributed by atoms with Gasteiger partial charge in [0.15, 0.2) is 0 Å². The standard InChI is InChI=1S/C14H16FN3O/c15-11-3-10(6-16)4-14(5-11)19-8-13-7-17-9-18(13)12-1-2-12/h3-5,7,9,12H,1-2,6,8,16H2. The zero-order valence-electron chi connectivity index (χ0n) is 10.6. The fourth-order valence-electron chi connectivity index (χ4n) is 2.10. The summed E-state index contributed by atoms with van der Waals surface area (Å²) < 4.78 is 21.1. The molecule has 0 bridgehead atoms. The Balaban J connectivity index is 1.71. The molecule has 2 N–H and O–H groups in total. The van der Waals surface area contributed by atoms with Gasteiger partial charge in [0.2, 0.25) is 0 Å². The van der Waals surface area contributed by atoms with Crippen molar-refractivity contribution in [1.29, 1.82) is 0 Å². The SMILES string of the molecule is NCc1cc(F)cc(OCc2cncn2C2CC2)c1. The molecule has 1 saturated carbocycles. The largest absolute Gasteiger partial charge is 0.487 e. The Kier molecular flexibility index (Phi) is 3.21. The summed E-state index contributed by atoms with van der Waals surface area (Å²) in [6.45, 7) is 0.693. The van der Waals surface area contributed by atoms with Gasteiger partial charge < -0.3 is 15.0 Å². The summed E-state index contributed by atoms with van der Waals surface area (Å²) in [5, 5.41) is 0. The lowest BCUT2D eigenvalue weighted by molar-refractivity contribution is 0.293. The maximum Gasteiger partial charge on any atom is 0.130 e. The lowest BCUT2D eigenvalue weighted by Gasteiger charge is -2.10. The van der Waals surface area contributed by atoms with Crippen LogP contribution in [0.4, 0.5) is 4.39 Å². The summed E-state index contributed by atoms with van der Waals surface area (Å²) in [5.74, 6) is 0.178. The Morgan fingerprint density at radius 1 is 1.37 bits per heavy atom. The van der Waals surface area contributed by atoms with E-state index < -0.39 is 0 Å². The highest BCUT2D eigenvalue weighted by Gasteiger charge is 2.25. The van der Waals surface area contributed by atoms with Crippen LogP contribution in [0.25, 0.3) is 0 Å². The van der Waals surface area contributed by atoms with Gasteiger partial charge >= 0.3 is 0 Å². The van der Waals surface area contributed by atoms with Gasteiger partial charge in [-0.15, -0.1) is 0 Å². The molecule has 1 aliphatic carbocycles. The summed E-state index contributed by atoms with van der Waals surface area (Å²) in [6.07, 6.45) is 6.01. The molecule has 1 aromatic carbocycles. The van der Waals surface area contributed by atoms with Crippen LogP contribution >= 0.6 is 0 Å². The number of imidazole rings is 1. The quantitative estimate of drug-likeness (QED) is 0.899. The Bertz CT molecular complexity index is 578. The average Bonchev–Trinajstić information content (AvgIpc) is 3.14. The lowest BCUT2D eigenvalue weighted by atomic mass is 10.2. The molecule has 1 aliphatic rings. The smallest absolute Gasteiger partial charge is 0.130 e. The summed E-state index contributed by atoms with van der Waals surface area (Å²) in [6, 6.07) is 5.12. The average molecular weight is 261 g/mol. The molecule has 0 saturated heterocycles. The monoisotopic (exact) mass is 261 g/mol. The molecular weight excluding hydrogens is 245 g/mol. The van der Waals surface area contributed by atoms with Gasteiger partial charge in [0, 0.05) is 18.7 Å². The first kappa shape index (κ1) is 12.2. The minimum Gasteiger partial charge on any atom is -0.487 e. The molecule has 5 heteroatoms. The third-order valence-electron chi connectivity index (χ3n) is 3.24. The van der Waals surface area contributed by atoms with E-state index in [0.29, 0.717) is 24.9 Å². The van der Waals surface area contributed by atoms with Crippen LogP contribution in [0.3, 0.4) is 0 Å². The molecule has 1 aromatic heterocycles. The highest BCUT2D eigenvalue weighted by Crippen LogP contribution is 2.35. The highest BCUT2D eigenvalue weighted by molar-refractivity contribution is 5.29. The molecular formula is C14H16FN3O. The Hall–Kier alpha value is -1.88. The van der Waals surface area contributed by atoms with Gasteiger partial charge in [-0.05, 0) is 30.5 Å². The van der Waals surface area contributed by atoms with Gasteiger partial charge in [-0.25, -0.2) is 9.37 Å². The zero-order chi connectivity index (χ0) is 13.2. The van der Waals surface area contributed by atoms with Crippen molar-refractivity contribution in [3.63, 3.8) is 0 Å². The maximum atomic E-state index is 13.3. The van der Waals surface area contributed by atoms with E-state index in [1.54, 1.807) is 12.3 Å². The van der Waals surface area contributed by atoms with E-state index in [1.165, 1.54) is 25.0 Å². The van der Waals surface area contributed by atoms with E-state index in [0.717, 1.165) is 11.3 Å². The number of nitrogens with two attached hydrogens (primary N) is 1. The van der Waals surface area contributed by atoms with Crippen molar-refractivity contribution in [3.05, 3.63) is 47.8 Å². The summed E-state index contributed by atoms with van der Waals surface area (Å²) in [4.78, 5) is 4.14. The molecule has 0 aliphatic heterocycles. The first-order valence-corrected chi connectivity index (χ1v) is 6.39. The van der Waals surface area contributed by atoms with Crippen LogP contribution in [0.2, 0.25) is 0 Å². The molecule has 4 nitrogen and oxygen atoms in total. The molecule has 0 radical (unpaired) electrons. The molecule has 0 unspecified atom stereocenters. The van der Waals surface area contributed by atoms with Gasteiger partial charge in [0.25, 0.3) is 0 Å². The van der Waals surface area contributed by atoms with Gasteiger partial charge in [-0.3, -0.25) is 0 Å². The molecule has 19 heavy (non-hydrogen) atoms. The molecule has 0 atom stereocenters. The van der Waals surface area contributed by atoms with Crippen molar-refractivity contribution in [1.82, 2.24) is 9.55 Å². The molecule has 1 heterocycles. The van der Waals surface area contributed by atoms with E-state index in [9.17, 15) is 4.39 Å². The third-order valence-corrected chi connectivity index (χ3v) is 3.24. The van der Waals surface area contributed by atoms with Crippen molar-refractivity contribution in [3.8, 4) is 5.75 Å². The van der Waals surface area contributed by atoms with E-state index >= 15 is 0 Å². The van der Waals surface area contributed by atoms with Crippen molar-refractivity contribution < 1.29 is 9.13 Å². The zero-order valence-corrected chi connectivity index (χ0v) is 10.6. The molecule has 1 fully saturated rings. The van der Waals surface area contributed by atoms with Crippen molar-refractivity contribution in [2.75, 3.05) is 0 Å². The van der Waals surface area contributed by atoms with Crippen molar-refractivity contribution >= 4 is 0 Å². The van der Waals surface area contributed by atoms with Gasteiger partial charge in [0.05, 0.1) is 18.2 Å². The Morgan fingerprint density at radius 2 is 2.21 bits per heavy atom. The van der Waals surface area contributed by atoms with Crippen LogP contribution in [-0.4, -0.2) is 9.55 Å². The van der Waals surface area contributed by atoms with Crippen LogP contribution in [0.1, 0.15) is 30.1 Å². The number of hydrogen-bond donors (Lipinski definition) is 1. The van der Waals surface area contributed by atoms with E-state index in [-0.39, 0.29) is 5.82 Å². The predicted molar refractivity (Wildman–Crippen MR) is 69.1 cm³/mol. The van der Waals surface area contributed by atoms with E-state index in [4.69, 9.17) is 10.5 Å². The maximum absolute atomic E-state index is 13.3. The lowest BCUT2D eigenvalue weighted by Crippen LogP contribution is -2.04. The third kappa shape index (κ3) is 2.76. The summed E-state index contributed by atoms with van der Waals surface area (Å²) in [5.41, 5.74) is 7.26. The number of halogens is 1. The summed E-state index contributed by atoms with van der Waals surface area (Å²) >= 11 is 0. The van der Waals surface area contributed by atoms with E-state index in [1.807, 2.05) is 6.33 Å². The summed E-state index contributed by atoms with van der Waals surface area (Å²) in [7, 11) is 0. The Morgan fingerprint density at radius 3 is 2.95 bits per heavy atom. The van der Waals surface area contributed by atoms with Crippen LogP contribution < -0.4 is 10.5 Å². The predicted octanol–water partition coefficient (Wildman–Crippen LogP) is 2.39. The molecule has 100 valence electrons. The number of rotatable bonds is 5. The number of ether oxygens (including phenoxy) is 1. The first-order chi connectivity index (χ1) is 9.26. The molecule has 3 rings (SSSR count). The van der Waals surface area contributed by atoms with Crippen LogP contribution in [-0.2, 0) is 13.2 Å². The molecule has 2 aromatic rings. The second-order valence-electron chi connectivity index (χ2n) is 4.81. The topological polar surface area (TPSA) is 53.1 Å². The van der Waals surface area contributed by atoms with Crippen LogP contribution in [0, 0.1) is 5.82 Å². The fraction of sp³-hybridized carbons (Fsp3) is 0.357. The minimum atomic E-state index is -0.325. The van der Waals surface area contributed by atoms with Gasteiger partial charge in [-0.2, -0.15) is 0 Å². The second-order valence-corrected chi connectivity index (χ2v) is 4.81. The van der Waals surface area contributed by atoms with Crippen LogP contribution in [0.5, 0.6) is 5.75 Å². The number of benzene rings is 1. The number of nitrogens with zero attached hydrogens (tertiary/aromatic N) is 2. The van der Waals surface area contributed by atoms with Gasteiger partial charge in [0.1, 0.15) is 18.2 Å². The molecule has 0 amide bonds. The highest BCUT2D eigenvalue weighted by atomic mass is 19.1. The fourth-order valence-corrected chi connectivity index (χ4v) is 2.10. The number of hydrogen-bond acceptors (Lipinski definition) is 3. The first-order valence-electron chi connectivity index (χ1n) is 6.39. The molecule has 0 spiro atoms. The number of aromatic nitrogens is 2. The van der Waals surface area contributed by atoms with Gasteiger partial charge in [-0.1, -0.05) is 0 Å². The minimum absolute atomic E-state index is 0.300. The Labute approximate surface area is 111 Å². The van der Waals surface area contributed by atoms with E-state index in [2.05, 4.69) is 9.55 Å². The van der Waals surface area contributed by atoms with Crippen LogP contribution in [0.15, 0.2) is 30.7 Å². The second kappa shape index (κ2) is 5.01. The van der Waals surface area contributed by atoms with Crippen molar-refractivity contribution in [2.24, 2.45) is 5.73 Å².